The molecule has 1 heterocycles. The lowest BCUT2D eigenvalue weighted by molar-refractivity contribution is -0.127. The fourth-order valence-corrected chi connectivity index (χ4v) is 4.18. The highest BCUT2D eigenvalue weighted by molar-refractivity contribution is 7.88. The molecule has 6 nitrogen and oxygen atoms in total. The van der Waals surface area contributed by atoms with Gasteiger partial charge in [0.05, 0.1) is 12.9 Å². The van der Waals surface area contributed by atoms with Gasteiger partial charge in [-0.1, -0.05) is 30.3 Å². The molecule has 2 unspecified atom stereocenters. The standard InChI is InChI=1S/C17H24N2O4S/c1-24(21,22)19-9-15(14-7-8-14)16(10-19)18-17(20)12-23-11-13-5-3-2-4-6-13/h2-6,14-16H,7-12H2,1H3,(H,18,20). The molecule has 1 aromatic rings. The summed E-state index contributed by atoms with van der Waals surface area (Å²) in [6.45, 7) is 1.26. The molecule has 1 aromatic carbocycles. The van der Waals surface area contributed by atoms with Gasteiger partial charge in [-0.3, -0.25) is 4.79 Å². The number of sulfonamides is 1. The normalized spacial score (nSPS) is 24.9. The van der Waals surface area contributed by atoms with Crippen LogP contribution in [0.25, 0.3) is 0 Å². The Balaban J connectivity index is 1.49. The molecule has 1 N–H and O–H groups in total. The van der Waals surface area contributed by atoms with E-state index < -0.39 is 10.0 Å². The van der Waals surface area contributed by atoms with E-state index in [0.717, 1.165) is 18.4 Å². The van der Waals surface area contributed by atoms with Crippen LogP contribution in [0.4, 0.5) is 0 Å². The van der Waals surface area contributed by atoms with Gasteiger partial charge in [-0.25, -0.2) is 8.42 Å². The van der Waals surface area contributed by atoms with E-state index in [1.165, 1.54) is 10.6 Å². The van der Waals surface area contributed by atoms with Gasteiger partial charge in [0.15, 0.2) is 0 Å². The quantitative estimate of drug-likeness (QED) is 0.794. The van der Waals surface area contributed by atoms with Gasteiger partial charge in [0.2, 0.25) is 15.9 Å². The second-order valence-electron chi connectivity index (χ2n) is 6.73. The smallest absolute Gasteiger partial charge is 0.246 e. The van der Waals surface area contributed by atoms with Crippen molar-refractivity contribution in [1.82, 2.24) is 9.62 Å². The number of carbonyl (C=O) groups is 1. The second-order valence-corrected chi connectivity index (χ2v) is 8.72. The number of hydrogen-bond donors (Lipinski definition) is 1. The number of rotatable bonds is 7. The zero-order valence-electron chi connectivity index (χ0n) is 13.8. The Morgan fingerprint density at radius 3 is 2.58 bits per heavy atom. The van der Waals surface area contributed by atoms with Gasteiger partial charge in [-0.2, -0.15) is 4.31 Å². The summed E-state index contributed by atoms with van der Waals surface area (Å²) in [6.07, 6.45) is 3.47. The number of nitrogens with zero attached hydrogens (tertiary/aromatic N) is 1. The second kappa shape index (κ2) is 7.21. The maximum absolute atomic E-state index is 12.1. The van der Waals surface area contributed by atoms with Crippen LogP contribution in [0.5, 0.6) is 0 Å². The van der Waals surface area contributed by atoms with E-state index in [4.69, 9.17) is 4.74 Å². The van der Waals surface area contributed by atoms with Crippen LogP contribution < -0.4 is 5.32 Å². The van der Waals surface area contributed by atoms with E-state index in [1.807, 2.05) is 30.3 Å². The van der Waals surface area contributed by atoms with E-state index in [1.54, 1.807) is 0 Å². The fraction of sp³-hybridized carbons (Fsp3) is 0.588. The Morgan fingerprint density at radius 1 is 1.25 bits per heavy atom. The number of hydrogen-bond acceptors (Lipinski definition) is 4. The van der Waals surface area contributed by atoms with Gasteiger partial charge in [-0.05, 0) is 30.2 Å². The molecular weight excluding hydrogens is 328 g/mol. The van der Waals surface area contributed by atoms with E-state index in [2.05, 4.69) is 5.32 Å². The summed E-state index contributed by atoms with van der Waals surface area (Å²) in [7, 11) is -3.21. The summed E-state index contributed by atoms with van der Waals surface area (Å²) >= 11 is 0. The van der Waals surface area contributed by atoms with Crippen molar-refractivity contribution >= 4 is 15.9 Å². The molecule has 2 fully saturated rings. The minimum absolute atomic E-state index is 0.0122. The SMILES string of the molecule is CS(=O)(=O)N1CC(NC(=O)COCc2ccccc2)C(C2CC2)C1. The highest BCUT2D eigenvalue weighted by atomic mass is 32.2. The minimum Gasteiger partial charge on any atom is -0.367 e. The van der Waals surface area contributed by atoms with Crippen LogP contribution in [0.2, 0.25) is 0 Å². The summed E-state index contributed by atoms with van der Waals surface area (Å²) in [4.78, 5) is 12.1. The molecular formula is C17H24N2O4S. The molecule has 1 saturated carbocycles. The lowest BCUT2D eigenvalue weighted by Gasteiger charge is -2.19. The van der Waals surface area contributed by atoms with Crippen LogP contribution in [0, 0.1) is 11.8 Å². The van der Waals surface area contributed by atoms with E-state index in [9.17, 15) is 13.2 Å². The first-order chi connectivity index (χ1) is 11.4. The Morgan fingerprint density at radius 2 is 1.96 bits per heavy atom. The van der Waals surface area contributed by atoms with Crippen molar-refractivity contribution in [2.45, 2.75) is 25.5 Å². The molecule has 1 amide bonds. The molecule has 7 heteroatoms. The predicted octanol–water partition coefficient (Wildman–Crippen LogP) is 0.989. The molecule has 0 aromatic heterocycles. The number of benzene rings is 1. The van der Waals surface area contributed by atoms with Gasteiger partial charge >= 0.3 is 0 Å². The molecule has 1 aliphatic carbocycles. The number of ether oxygens (including phenoxy) is 1. The Labute approximate surface area is 143 Å². The zero-order valence-corrected chi connectivity index (χ0v) is 14.7. The molecule has 2 atom stereocenters. The first kappa shape index (κ1) is 17.4. The van der Waals surface area contributed by atoms with Crippen molar-refractivity contribution in [3.8, 4) is 0 Å². The monoisotopic (exact) mass is 352 g/mol. The number of carbonyl (C=O) groups excluding carboxylic acids is 1. The molecule has 3 rings (SSSR count). The predicted molar refractivity (Wildman–Crippen MR) is 90.7 cm³/mol. The van der Waals surface area contributed by atoms with Crippen molar-refractivity contribution in [3.63, 3.8) is 0 Å². The molecule has 1 aliphatic heterocycles. The fourth-order valence-electron chi connectivity index (χ4n) is 3.30. The highest BCUT2D eigenvalue weighted by Gasteiger charge is 2.45. The first-order valence-corrected chi connectivity index (χ1v) is 10.1. The third-order valence-electron chi connectivity index (χ3n) is 4.72. The molecule has 1 saturated heterocycles. The van der Waals surface area contributed by atoms with E-state index >= 15 is 0 Å². The van der Waals surface area contributed by atoms with Gasteiger partial charge < -0.3 is 10.1 Å². The highest BCUT2D eigenvalue weighted by Crippen LogP contribution is 2.41. The van der Waals surface area contributed by atoms with Gasteiger partial charge in [-0.15, -0.1) is 0 Å². The van der Waals surface area contributed by atoms with Gasteiger partial charge in [0, 0.05) is 19.1 Å². The topological polar surface area (TPSA) is 75.7 Å². The van der Waals surface area contributed by atoms with Gasteiger partial charge in [0.25, 0.3) is 0 Å². The van der Waals surface area contributed by atoms with E-state index in [-0.39, 0.29) is 24.5 Å². The van der Waals surface area contributed by atoms with Crippen LogP contribution in [-0.4, -0.2) is 50.6 Å². The maximum Gasteiger partial charge on any atom is 0.246 e. The summed E-state index contributed by atoms with van der Waals surface area (Å²) in [6, 6.07) is 9.57. The van der Waals surface area contributed by atoms with Crippen LogP contribution in [0.1, 0.15) is 18.4 Å². The summed E-state index contributed by atoms with van der Waals surface area (Å²) in [5.41, 5.74) is 1.02. The maximum atomic E-state index is 12.1. The number of nitrogens with one attached hydrogen (secondary N) is 1. The first-order valence-electron chi connectivity index (χ1n) is 8.29. The molecule has 2 aliphatic rings. The van der Waals surface area contributed by atoms with E-state index in [0.29, 0.717) is 25.6 Å². The van der Waals surface area contributed by atoms with Crippen molar-refractivity contribution in [2.75, 3.05) is 26.0 Å². The van der Waals surface area contributed by atoms with Crippen LogP contribution >= 0.6 is 0 Å². The van der Waals surface area contributed by atoms with Gasteiger partial charge in [0.1, 0.15) is 6.61 Å². The third kappa shape index (κ3) is 4.55. The molecule has 132 valence electrons. The van der Waals surface area contributed by atoms with Crippen molar-refractivity contribution < 1.29 is 17.9 Å². The van der Waals surface area contributed by atoms with Crippen LogP contribution in [-0.2, 0) is 26.2 Å². The Bertz CT molecular complexity index is 673. The average molecular weight is 352 g/mol. The van der Waals surface area contributed by atoms with Crippen molar-refractivity contribution in [3.05, 3.63) is 35.9 Å². The Kier molecular flexibility index (Phi) is 5.22. The van der Waals surface area contributed by atoms with Crippen LogP contribution in [0.15, 0.2) is 30.3 Å². The molecule has 24 heavy (non-hydrogen) atoms. The lowest BCUT2D eigenvalue weighted by atomic mass is 9.98. The minimum atomic E-state index is -3.21. The number of amides is 1. The molecule has 0 bridgehead atoms. The lowest BCUT2D eigenvalue weighted by Crippen LogP contribution is -2.43. The summed E-state index contributed by atoms with van der Waals surface area (Å²) < 4.78 is 30.5. The summed E-state index contributed by atoms with van der Waals surface area (Å²) in [5.74, 6) is 0.571. The average Bonchev–Trinajstić information content (AvgIpc) is 3.28. The van der Waals surface area contributed by atoms with Crippen molar-refractivity contribution in [1.29, 1.82) is 0 Å². The third-order valence-corrected chi connectivity index (χ3v) is 5.96. The molecule has 0 radical (unpaired) electrons. The summed E-state index contributed by atoms with van der Waals surface area (Å²) in [5, 5.41) is 2.97. The zero-order chi connectivity index (χ0) is 17.2. The van der Waals surface area contributed by atoms with Crippen LogP contribution in [0.3, 0.4) is 0 Å². The Hall–Kier alpha value is -1.44. The van der Waals surface area contributed by atoms with Crippen molar-refractivity contribution in [2.24, 2.45) is 11.8 Å². The molecule has 0 spiro atoms. The largest absolute Gasteiger partial charge is 0.367 e.